The van der Waals surface area contributed by atoms with Gasteiger partial charge in [-0.05, 0) is 12.1 Å². The molecule has 0 N–H and O–H groups in total. The molecule has 0 radical (unpaired) electrons. The first kappa shape index (κ1) is 16.5. The number of benzene rings is 3. The minimum atomic E-state index is -2.31. The zero-order chi connectivity index (χ0) is 17.8. The lowest BCUT2D eigenvalue weighted by Crippen LogP contribution is -2.25. The van der Waals surface area contributed by atoms with Crippen molar-refractivity contribution in [2.24, 2.45) is 4.74 Å². The van der Waals surface area contributed by atoms with Gasteiger partial charge in [-0.1, -0.05) is 96.2 Å². The summed E-state index contributed by atoms with van der Waals surface area (Å²) in [5, 5.41) is 11.5. The van der Waals surface area contributed by atoms with E-state index in [1.54, 1.807) is 0 Å². The average Bonchev–Trinajstić information content (AvgIpc) is 3.12. The number of hydrogen-bond donors (Lipinski definition) is 0. The van der Waals surface area contributed by atoms with Crippen LogP contribution in [0.15, 0.2) is 100 Å². The molecular formula is C21H18N3OP. The minimum absolute atomic E-state index is 0.551. The monoisotopic (exact) mass is 359 g/mol. The van der Waals surface area contributed by atoms with E-state index in [1.165, 1.54) is 15.9 Å². The number of aryl methyl sites for hydroxylation is 1. The molecule has 0 unspecified atom stereocenters. The summed E-state index contributed by atoms with van der Waals surface area (Å²) < 4.78 is 10.1. The number of rotatable bonds is 4. The SMILES string of the molecule is Cc1nonc1N=P(c1ccccc1)(c1ccccc1)c1ccccc1. The van der Waals surface area contributed by atoms with Crippen LogP contribution >= 0.6 is 7.05 Å². The molecule has 0 saturated heterocycles. The third-order valence-corrected chi connectivity index (χ3v) is 7.89. The van der Waals surface area contributed by atoms with Gasteiger partial charge in [0.25, 0.3) is 0 Å². The van der Waals surface area contributed by atoms with Crippen LogP contribution in [0, 0.1) is 6.92 Å². The Morgan fingerprint density at radius 3 is 1.42 bits per heavy atom. The molecule has 1 aromatic heterocycles. The molecule has 0 aliphatic heterocycles. The number of hydrogen-bond acceptors (Lipinski definition) is 4. The average molecular weight is 359 g/mol. The predicted octanol–water partition coefficient (Wildman–Crippen LogP) is 4.19. The molecule has 0 atom stereocenters. The Morgan fingerprint density at radius 1 is 0.654 bits per heavy atom. The fourth-order valence-electron chi connectivity index (χ4n) is 3.01. The molecule has 0 spiro atoms. The van der Waals surface area contributed by atoms with E-state index < -0.39 is 7.05 Å². The van der Waals surface area contributed by atoms with E-state index in [-0.39, 0.29) is 0 Å². The van der Waals surface area contributed by atoms with Gasteiger partial charge in [-0.25, -0.2) is 9.37 Å². The summed E-state index contributed by atoms with van der Waals surface area (Å²) in [7, 11) is -2.31. The molecule has 3 aromatic carbocycles. The Kier molecular flexibility index (Phi) is 4.51. The summed E-state index contributed by atoms with van der Waals surface area (Å²) in [4.78, 5) is 0. The first-order valence-electron chi connectivity index (χ1n) is 8.39. The molecule has 26 heavy (non-hydrogen) atoms. The molecular weight excluding hydrogens is 341 g/mol. The van der Waals surface area contributed by atoms with Crippen LogP contribution in [-0.2, 0) is 0 Å². The topological polar surface area (TPSA) is 51.3 Å². The van der Waals surface area contributed by atoms with Gasteiger partial charge >= 0.3 is 0 Å². The third kappa shape index (κ3) is 2.89. The van der Waals surface area contributed by atoms with Gasteiger partial charge in [0.15, 0.2) is 0 Å². The smallest absolute Gasteiger partial charge is 0.219 e. The second kappa shape index (κ2) is 7.11. The number of aromatic nitrogens is 2. The fourth-order valence-corrected chi connectivity index (χ4v) is 6.53. The van der Waals surface area contributed by atoms with E-state index in [0.717, 1.165) is 0 Å². The van der Waals surface area contributed by atoms with Crippen molar-refractivity contribution in [1.29, 1.82) is 0 Å². The van der Waals surface area contributed by atoms with Crippen molar-refractivity contribution in [2.45, 2.75) is 6.92 Å². The van der Waals surface area contributed by atoms with Gasteiger partial charge < -0.3 is 0 Å². The molecule has 0 aliphatic rings. The van der Waals surface area contributed by atoms with Crippen LogP contribution in [0.1, 0.15) is 5.69 Å². The highest BCUT2D eigenvalue weighted by molar-refractivity contribution is 7.87. The van der Waals surface area contributed by atoms with Crippen molar-refractivity contribution in [3.05, 3.63) is 96.7 Å². The summed E-state index contributed by atoms with van der Waals surface area (Å²) >= 11 is 0. The lowest BCUT2D eigenvalue weighted by molar-refractivity contribution is 0.306. The summed E-state index contributed by atoms with van der Waals surface area (Å²) in [5.41, 5.74) is 0.692. The normalized spacial score (nSPS) is 11.3. The predicted molar refractivity (Wildman–Crippen MR) is 106 cm³/mol. The van der Waals surface area contributed by atoms with E-state index in [9.17, 15) is 0 Å². The summed E-state index contributed by atoms with van der Waals surface area (Å²) in [6.07, 6.45) is 0. The molecule has 128 valence electrons. The maximum atomic E-state index is 5.20. The molecule has 0 amide bonds. The highest BCUT2D eigenvalue weighted by Gasteiger charge is 2.28. The second-order valence-corrected chi connectivity index (χ2v) is 8.94. The van der Waals surface area contributed by atoms with E-state index in [2.05, 4.69) is 83.1 Å². The zero-order valence-corrected chi connectivity index (χ0v) is 15.3. The lowest BCUT2D eigenvalue weighted by Gasteiger charge is -2.26. The van der Waals surface area contributed by atoms with E-state index in [1.807, 2.05) is 25.1 Å². The van der Waals surface area contributed by atoms with Crippen LogP contribution in [0.2, 0.25) is 0 Å². The first-order valence-corrected chi connectivity index (χ1v) is 10.1. The summed E-state index contributed by atoms with van der Waals surface area (Å²) in [6.45, 7) is 1.87. The molecule has 4 nitrogen and oxygen atoms in total. The van der Waals surface area contributed by atoms with Crippen molar-refractivity contribution in [3.63, 3.8) is 0 Å². The third-order valence-electron chi connectivity index (χ3n) is 4.26. The first-order chi connectivity index (χ1) is 12.8. The Hall–Kier alpha value is -2.97. The molecule has 1 heterocycles. The maximum Gasteiger partial charge on any atom is 0.219 e. The van der Waals surface area contributed by atoms with Crippen molar-refractivity contribution in [1.82, 2.24) is 10.3 Å². The van der Waals surface area contributed by atoms with Crippen LogP contribution in [0.3, 0.4) is 0 Å². The van der Waals surface area contributed by atoms with Gasteiger partial charge in [-0.3, -0.25) is 0 Å². The van der Waals surface area contributed by atoms with E-state index in [0.29, 0.717) is 11.5 Å². The van der Waals surface area contributed by atoms with E-state index in [4.69, 9.17) is 9.37 Å². The molecule has 0 aliphatic carbocycles. The van der Waals surface area contributed by atoms with Crippen LogP contribution < -0.4 is 15.9 Å². The van der Waals surface area contributed by atoms with Gasteiger partial charge in [-0.2, -0.15) is 0 Å². The molecule has 0 saturated carbocycles. The lowest BCUT2D eigenvalue weighted by atomic mass is 10.4. The van der Waals surface area contributed by atoms with Crippen molar-refractivity contribution in [3.8, 4) is 0 Å². The maximum absolute atomic E-state index is 5.20. The van der Waals surface area contributed by atoms with Gasteiger partial charge in [0, 0.05) is 15.9 Å². The summed E-state index contributed by atoms with van der Waals surface area (Å²) in [5.74, 6) is 0.551. The molecule has 5 heteroatoms. The van der Waals surface area contributed by atoms with Crippen molar-refractivity contribution >= 4 is 28.8 Å². The van der Waals surface area contributed by atoms with Gasteiger partial charge in [0.2, 0.25) is 5.82 Å². The standard InChI is InChI=1S/C21H18N3OP/c1-17-21(23-25-22-17)24-26(18-11-5-2-6-12-18,19-13-7-3-8-14-19)20-15-9-4-10-16-20/h2-16H,1H3. The van der Waals surface area contributed by atoms with E-state index >= 15 is 0 Å². The zero-order valence-electron chi connectivity index (χ0n) is 14.4. The number of nitrogens with zero attached hydrogens (tertiary/aromatic N) is 3. The Morgan fingerprint density at radius 2 is 1.08 bits per heavy atom. The second-order valence-electron chi connectivity index (χ2n) is 5.92. The largest absolute Gasteiger partial charge is 0.242 e. The highest BCUT2D eigenvalue weighted by Crippen LogP contribution is 2.49. The Balaban J connectivity index is 2.15. The molecule has 0 bridgehead atoms. The van der Waals surface area contributed by atoms with Gasteiger partial charge in [-0.15, -0.1) is 0 Å². The minimum Gasteiger partial charge on any atom is -0.242 e. The summed E-state index contributed by atoms with van der Waals surface area (Å²) in [6, 6.07) is 31.2. The van der Waals surface area contributed by atoms with Crippen LogP contribution in [-0.4, -0.2) is 10.3 Å². The molecule has 4 aromatic rings. The molecule has 4 rings (SSSR count). The molecule has 0 fully saturated rings. The van der Waals surface area contributed by atoms with Crippen LogP contribution in [0.25, 0.3) is 0 Å². The highest BCUT2D eigenvalue weighted by atomic mass is 31.2. The van der Waals surface area contributed by atoms with Crippen molar-refractivity contribution < 1.29 is 4.63 Å². The van der Waals surface area contributed by atoms with Crippen molar-refractivity contribution in [2.75, 3.05) is 0 Å². The van der Waals surface area contributed by atoms with Crippen LogP contribution in [0.4, 0.5) is 5.82 Å². The quantitative estimate of drug-likeness (QED) is 0.514. The van der Waals surface area contributed by atoms with Gasteiger partial charge in [0.1, 0.15) is 5.69 Å². The van der Waals surface area contributed by atoms with Crippen LogP contribution in [0.5, 0.6) is 0 Å². The fraction of sp³-hybridized carbons (Fsp3) is 0.0476. The Bertz CT molecular complexity index is 941. The Labute approximate surface area is 152 Å². The van der Waals surface area contributed by atoms with Gasteiger partial charge in [0.05, 0.1) is 7.05 Å².